The van der Waals surface area contributed by atoms with Gasteiger partial charge < -0.3 is 25.4 Å². The second-order valence-electron chi connectivity index (χ2n) is 13.0. The molecule has 1 fully saturated rings. The van der Waals surface area contributed by atoms with Gasteiger partial charge in [0.05, 0.1) is 18.2 Å². The third-order valence-corrected chi connectivity index (χ3v) is 9.42. The van der Waals surface area contributed by atoms with Crippen molar-refractivity contribution in [3.63, 3.8) is 0 Å². The molecule has 1 aliphatic rings. The van der Waals surface area contributed by atoms with Crippen molar-refractivity contribution in [3.05, 3.63) is 89.2 Å². The van der Waals surface area contributed by atoms with Crippen molar-refractivity contribution in [3.8, 4) is 5.75 Å². The predicted octanol–water partition coefficient (Wildman–Crippen LogP) is 5.01. The summed E-state index contributed by atoms with van der Waals surface area (Å²) < 4.78 is 5.95. The largest absolute Gasteiger partial charge is 0.483 e. The number of thioether (sulfide) groups is 1. The molecule has 2 aromatic carbocycles. The summed E-state index contributed by atoms with van der Waals surface area (Å²) in [6, 6.07) is 16.8. The molecule has 1 aromatic heterocycles. The van der Waals surface area contributed by atoms with Crippen molar-refractivity contribution in [1.29, 1.82) is 0 Å². The second-order valence-corrected chi connectivity index (χ2v) is 14.4. The molecule has 9 heteroatoms. The molecule has 3 N–H and O–H groups in total. The molecule has 0 bridgehead atoms. The van der Waals surface area contributed by atoms with E-state index in [0.717, 1.165) is 40.1 Å². The highest BCUT2D eigenvalue weighted by Gasteiger charge is 2.37. The first kappa shape index (κ1) is 34.5. The van der Waals surface area contributed by atoms with Crippen molar-refractivity contribution in [2.24, 2.45) is 0 Å². The zero-order chi connectivity index (χ0) is 32.6. The fraction of sp³-hybridized carbons (Fsp3) is 0.472. The van der Waals surface area contributed by atoms with Crippen LogP contribution in [0.3, 0.4) is 0 Å². The molecule has 1 saturated heterocycles. The topological polar surface area (TPSA) is 104 Å². The summed E-state index contributed by atoms with van der Waals surface area (Å²) >= 11 is 1.78. The van der Waals surface area contributed by atoms with Crippen molar-refractivity contribution in [1.82, 2.24) is 20.5 Å². The quantitative estimate of drug-likeness (QED) is 0.258. The van der Waals surface area contributed by atoms with Crippen molar-refractivity contribution in [2.45, 2.75) is 94.7 Å². The Labute approximate surface area is 272 Å². The average Bonchev–Trinajstić information content (AvgIpc) is 2.99. The van der Waals surface area contributed by atoms with E-state index in [1.54, 1.807) is 29.1 Å². The van der Waals surface area contributed by atoms with Gasteiger partial charge in [-0.2, -0.15) is 0 Å². The van der Waals surface area contributed by atoms with Crippen LogP contribution in [0.5, 0.6) is 5.75 Å². The van der Waals surface area contributed by atoms with E-state index >= 15 is 0 Å². The van der Waals surface area contributed by atoms with Crippen LogP contribution >= 0.6 is 11.8 Å². The maximum Gasteiger partial charge on any atom is 0.258 e. The molecule has 45 heavy (non-hydrogen) atoms. The number of hydrogen-bond acceptors (Lipinski definition) is 7. The number of aliphatic hydroxyl groups excluding tert-OH is 1. The number of carbonyl (C=O) groups excluding carboxylic acids is 2. The Balaban J connectivity index is 1.46. The van der Waals surface area contributed by atoms with E-state index in [0.29, 0.717) is 23.8 Å². The van der Waals surface area contributed by atoms with Crippen LogP contribution in [0.2, 0.25) is 0 Å². The molecule has 0 saturated carbocycles. The first-order valence-electron chi connectivity index (χ1n) is 15.7. The zero-order valence-corrected chi connectivity index (χ0v) is 28.2. The highest BCUT2D eigenvalue weighted by molar-refractivity contribution is 8.00. The van der Waals surface area contributed by atoms with E-state index in [-0.39, 0.29) is 31.0 Å². The van der Waals surface area contributed by atoms with Crippen molar-refractivity contribution in [2.75, 3.05) is 19.7 Å². The fourth-order valence-electron chi connectivity index (χ4n) is 5.92. The Kier molecular flexibility index (Phi) is 12.1. The number of carbonyl (C=O) groups is 2. The van der Waals surface area contributed by atoms with Gasteiger partial charge in [-0.25, -0.2) is 0 Å². The van der Waals surface area contributed by atoms with E-state index in [9.17, 15) is 14.7 Å². The van der Waals surface area contributed by atoms with E-state index in [4.69, 9.17) is 4.74 Å². The summed E-state index contributed by atoms with van der Waals surface area (Å²) in [6.07, 6.45) is 4.63. The Morgan fingerprint density at radius 2 is 1.76 bits per heavy atom. The number of pyridine rings is 1. The predicted molar refractivity (Wildman–Crippen MR) is 181 cm³/mol. The molecular weight excluding hydrogens is 584 g/mol. The minimum absolute atomic E-state index is 0.0416. The molecule has 3 aromatic rings. The van der Waals surface area contributed by atoms with Crippen molar-refractivity contribution < 1.29 is 19.4 Å². The number of aryl methyl sites for hydroxylation is 3. The fourth-order valence-corrected chi connectivity index (χ4v) is 7.10. The molecule has 8 nitrogen and oxygen atoms in total. The monoisotopic (exact) mass is 632 g/mol. The SMILES string of the molecule is Cc1cc(C)c(OCC(=O)N[C@@H](Cc2ccccc2)[C@H](O)CN(C(=O)[C@@H]2C[C@H](Sc3ccncc3)CCN2)C(C)(C)C)c(C)c1. The lowest BCUT2D eigenvalue weighted by Gasteiger charge is -2.42. The number of ether oxygens (including phenoxy) is 1. The van der Waals surface area contributed by atoms with Gasteiger partial charge in [0.2, 0.25) is 5.91 Å². The average molecular weight is 633 g/mol. The smallest absolute Gasteiger partial charge is 0.258 e. The maximum atomic E-state index is 14.1. The zero-order valence-electron chi connectivity index (χ0n) is 27.4. The number of hydrogen-bond donors (Lipinski definition) is 3. The van der Waals surface area contributed by atoms with Gasteiger partial charge in [-0.15, -0.1) is 11.8 Å². The molecule has 4 atom stereocenters. The second kappa shape index (κ2) is 15.7. The minimum atomic E-state index is -1.01. The van der Waals surface area contributed by atoms with E-state index in [1.807, 2.05) is 96.1 Å². The van der Waals surface area contributed by atoms with Crippen LogP contribution < -0.4 is 15.4 Å². The number of aromatic nitrogens is 1. The molecule has 4 rings (SSSR count). The summed E-state index contributed by atoms with van der Waals surface area (Å²) in [4.78, 5) is 34.3. The third kappa shape index (κ3) is 10.0. The molecule has 2 heterocycles. The van der Waals surface area contributed by atoms with E-state index < -0.39 is 17.7 Å². The summed E-state index contributed by atoms with van der Waals surface area (Å²) in [5.74, 6) is 0.328. The number of piperidine rings is 1. The highest BCUT2D eigenvalue weighted by atomic mass is 32.2. The molecule has 0 spiro atoms. The summed E-state index contributed by atoms with van der Waals surface area (Å²) in [5, 5.41) is 18.4. The van der Waals surface area contributed by atoms with Gasteiger partial charge in [0.15, 0.2) is 6.61 Å². The first-order valence-corrected chi connectivity index (χ1v) is 16.6. The molecule has 2 amide bonds. The summed E-state index contributed by atoms with van der Waals surface area (Å²) in [6.45, 7) is 12.6. The van der Waals surface area contributed by atoms with E-state index in [2.05, 4.69) is 15.6 Å². The number of nitrogens with zero attached hydrogens (tertiary/aromatic N) is 2. The molecule has 242 valence electrons. The lowest BCUT2D eigenvalue weighted by molar-refractivity contribution is -0.141. The standard InChI is InChI=1S/C36H48N4O4S/c1-24-18-25(2)34(26(3)19-24)44-23-33(42)39-30(20-27-10-8-7-9-11-27)32(41)22-40(36(4,5)6)35(43)31-21-29(14-17-38-31)45-28-12-15-37-16-13-28/h7-13,15-16,18-19,29-32,38,41H,14,17,20-23H2,1-6H3,(H,39,42)/t29-,30+,31+,32-/m1/s1. The van der Waals surface area contributed by atoms with Crippen molar-refractivity contribution >= 4 is 23.6 Å². The van der Waals surface area contributed by atoms with Crippen LogP contribution in [0, 0.1) is 20.8 Å². The Hall–Kier alpha value is -3.40. The van der Waals surface area contributed by atoms with Gasteiger partial charge in [0.25, 0.3) is 5.91 Å². The number of aliphatic hydroxyl groups is 1. The van der Waals surface area contributed by atoms with Gasteiger partial charge >= 0.3 is 0 Å². The molecule has 0 aliphatic carbocycles. The molecule has 0 unspecified atom stereocenters. The van der Waals surface area contributed by atoms with Crippen LogP contribution in [0.25, 0.3) is 0 Å². The Bertz CT molecular complexity index is 1390. The molecular formula is C36H48N4O4S. The highest BCUT2D eigenvalue weighted by Crippen LogP contribution is 2.31. The van der Waals surface area contributed by atoms with Gasteiger partial charge in [0.1, 0.15) is 5.75 Å². The number of β-amino-alcohol motifs (C(OH)–C–C–N with tert-alkyl or cyclic N) is 1. The van der Waals surface area contributed by atoms with Gasteiger partial charge in [-0.05, 0) is 96.2 Å². The van der Waals surface area contributed by atoms with Crippen LogP contribution in [-0.2, 0) is 16.0 Å². The number of benzene rings is 2. The van der Waals surface area contributed by atoms with E-state index in [1.165, 1.54) is 0 Å². The van der Waals surface area contributed by atoms with Crippen LogP contribution in [-0.4, -0.2) is 75.5 Å². The number of amides is 2. The van der Waals surface area contributed by atoms with Gasteiger partial charge in [-0.3, -0.25) is 14.6 Å². The van der Waals surface area contributed by atoms with Crippen LogP contribution in [0.1, 0.15) is 55.9 Å². The minimum Gasteiger partial charge on any atom is -0.483 e. The lowest BCUT2D eigenvalue weighted by Crippen LogP contribution is -2.60. The molecule has 1 aliphatic heterocycles. The molecule has 0 radical (unpaired) electrons. The third-order valence-electron chi connectivity index (χ3n) is 8.11. The van der Waals surface area contributed by atoms with Crippen LogP contribution in [0.15, 0.2) is 71.9 Å². The van der Waals surface area contributed by atoms with Crippen LogP contribution in [0.4, 0.5) is 0 Å². The number of rotatable bonds is 12. The number of nitrogens with one attached hydrogen (secondary N) is 2. The van der Waals surface area contributed by atoms with Gasteiger partial charge in [0, 0.05) is 34.6 Å². The van der Waals surface area contributed by atoms with Gasteiger partial charge in [-0.1, -0.05) is 48.0 Å². The Morgan fingerprint density at radius 3 is 2.40 bits per heavy atom. The summed E-state index contributed by atoms with van der Waals surface area (Å²) in [5.41, 5.74) is 3.51. The lowest BCUT2D eigenvalue weighted by atomic mass is 9.96. The Morgan fingerprint density at radius 1 is 1.09 bits per heavy atom. The maximum absolute atomic E-state index is 14.1. The normalized spacial score (nSPS) is 18.1. The summed E-state index contributed by atoms with van der Waals surface area (Å²) in [7, 11) is 0. The first-order chi connectivity index (χ1) is 21.4.